The van der Waals surface area contributed by atoms with Crippen LogP contribution >= 0.6 is 0 Å². The van der Waals surface area contributed by atoms with Crippen molar-refractivity contribution in [3.8, 4) is 6.07 Å². The molecule has 0 spiro atoms. The summed E-state index contributed by atoms with van der Waals surface area (Å²) in [6, 6.07) is 2.54. The lowest BCUT2D eigenvalue weighted by Crippen LogP contribution is -2.55. The van der Waals surface area contributed by atoms with Gasteiger partial charge in [-0.05, 0) is 38.5 Å². The summed E-state index contributed by atoms with van der Waals surface area (Å²) in [6.45, 7) is 1.58. The highest BCUT2D eigenvalue weighted by Gasteiger charge is 2.42. The molecule has 2 fully saturated rings. The zero-order valence-electron chi connectivity index (χ0n) is 12.0. The zero-order valence-corrected chi connectivity index (χ0v) is 12.0. The number of nitrogens with zero attached hydrogens (tertiary/aromatic N) is 2. The molecule has 1 aliphatic carbocycles. The molecule has 0 aromatic heterocycles. The summed E-state index contributed by atoms with van der Waals surface area (Å²) in [6.07, 6.45) is 4.43. The Balaban J connectivity index is 1.91. The van der Waals surface area contributed by atoms with Crippen molar-refractivity contribution in [1.82, 2.24) is 10.2 Å². The first-order valence-corrected chi connectivity index (χ1v) is 7.28. The Morgan fingerprint density at radius 1 is 1.35 bits per heavy atom. The molecule has 2 N–H and O–H groups in total. The highest BCUT2D eigenvalue weighted by Crippen LogP contribution is 2.36. The number of piperidine rings is 1. The number of ether oxygens (including phenoxy) is 1. The van der Waals surface area contributed by atoms with Crippen molar-refractivity contribution in [3.63, 3.8) is 0 Å². The maximum absolute atomic E-state index is 10.6. The molecule has 0 atom stereocenters. The number of likely N-dealkylation sites (tertiary alicyclic amines) is 1. The van der Waals surface area contributed by atoms with Gasteiger partial charge in [0.2, 0.25) is 0 Å². The molecule has 0 radical (unpaired) electrons. The lowest BCUT2D eigenvalue weighted by atomic mass is 9.79. The molecular formula is C14H23N3O3. The van der Waals surface area contributed by atoms with Crippen LogP contribution in [-0.2, 0) is 4.74 Å². The molecule has 1 heterocycles. The Hall–Kier alpha value is -1.32. The van der Waals surface area contributed by atoms with Gasteiger partial charge in [-0.3, -0.25) is 4.90 Å². The van der Waals surface area contributed by atoms with Gasteiger partial charge >= 0.3 is 6.09 Å². The number of nitriles is 1. The van der Waals surface area contributed by atoms with Crippen LogP contribution in [0.3, 0.4) is 0 Å². The monoisotopic (exact) mass is 281 g/mol. The molecule has 1 amide bonds. The molecule has 6 heteroatoms. The number of methoxy groups -OCH3 is 1. The summed E-state index contributed by atoms with van der Waals surface area (Å²) in [5, 5.41) is 20.9. The van der Waals surface area contributed by atoms with E-state index in [4.69, 9.17) is 9.84 Å². The first-order chi connectivity index (χ1) is 9.59. The molecule has 2 aliphatic rings. The van der Waals surface area contributed by atoms with Gasteiger partial charge in [0.15, 0.2) is 0 Å². The maximum Gasteiger partial charge on any atom is 0.404 e. The third-order valence-electron chi connectivity index (χ3n) is 4.73. The van der Waals surface area contributed by atoms with Gasteiger partial charge in [-0.15, -0.1) is 0 Å². The van der Waals surface area contributed by atoms with Crippen LogP contribution < -0.4 is 5.32 Å². The van der Waals surface area contributed by atoms with Gasteiger partial charge in [-0.1, -0.05) is 0 Å². The van der Waals surface area contributed by atoms with Gasteiger partial charge in [0.05, 0.1) is 12.2 Å². The molecule has 0 aromatic carbocycles. The fourth-order valence-corrected chi connectivity index (χ4v) is 3.43. The minimum absolute atomic E-state index is 0.0230. The van der Waals surface area contributed by atoms with Gasteiger partial charge in [-0.25, -0.2) is 4.79 Å². The number of carboxylic acid groups (broad SMARTS) is 1. The number of nitrogens with one attached hydrogen (secondary N) is 1. The maximum atomic E-state index is 10.6. The van der Waals surface area contributed by atoms with Gasteiger partial charge in [0, 0.05) is 26.2 Å². The lowest BCUT2D eigenvalue weighted by Gasteiger charge is -2.45. The van der Waals surface area contributed by atoms with Crippen molar-refractivity contribution in [1.29, 1.82) is 5.26 Å². The molecule has 0 aromatic rings. The van der Waals surface area contributed by atoms with Crippen molar-refractivity contribution in [3.05, 3.63) is 0 Å². The van der Waals surface area contributed by atoms with Crippen molar-refractivity contribution < 1.29 is 14.6 Å². The number of carbonyl (C=O) groups is 1. The van der Waals surface area contributed by atoms with E-state index in [-0.39, 0.29) is 17.7 Å². The minimum atomic E-state index is -0.959. The summed E-state index contributed by atoms with van der Waals surface area (Å²) in [7, 11) is 1.73. The van der Waals surface area contributed by atoms with Gasteiger partial charge < -0.3 is 15.2 Å². The number of rotatable bonds is 3. The highest BCUT2D eigenvalue weighted by molar-refractivity contribution is 5.64. The topological polar surface area (TPSA) is 85.6 Å². The summed E-state index contributed by atoms with van der Waals surface area (Å²) in [5.41, 5.74) is -0.372. The van der Waals surface area contributed by atoms with Crippen LogP contribution in [0.5, 0.6) is 0 Å². The van der Waals surface area contributed by atoms with Crippen LogP contribution in [0.1, 0.15) is 38.5 Å². The molecular weight excluding hydrogens is 258 g/mol. The number of hydrogen-bond acceptors (Lipinski definition) is 4. The van der Waals surface area contributed by atoms with E-state index in [2.05, 4.69) is 16.3 Å². The summed E-state index contributed by atoms with van der Waals surface area (Å²) in [5.74, 6) is 0. The molecule has 2 rings (SSSR count). The van der Waals surface area contributed by atoms with Crippen LogP contribution in [0.4, 0.5) is 4.79 Å². The average molecular weight is 281 g/mol. The SMILES string of the molecule is COC1CCC(C#N)(N2CCC(NC(=O)O)CC2)CC1. The summed E-state index contributed by atoms with van der Waals surface area (Å²) in [4.78, 5) is 12.9. The Labute approximate surface area is 119 Å². The normalized spacial score (nSPS) is 32.5. The molecule has 112 valence electrons. The third-order valence-corrected chi connectivity index (χ3v) is 4.73. The Morgan fingerprint density at radius 2 is 1.95 bits per heavy atom. The quantitative estimate of drug-likeness (QED) is 0.820. The van der Waals surface area contributed by atoms with Gasteiger partial charge in [0.25, 0.3) is 0 Å². The molecule has 1 saturated carbocycles. The van der Waals surface area contributed by atoms with Gasteiger partial charge in [-0.2, -0.15) is 5.26 Å². The van der Waals surface area contributed by atoms with Crippen LogP contribution in [0.15, 0.2) is 0 Å². The Kier molecular flexibility index (Phi) is 4.84. The standard InChI is InChI=1S/C14H23N3O3/c1-20-12-2-6-14(10-15,7-3-12)17-8-4-11(5-9-17)16-13(18)19/h11-12,16H,2-9H2,1H3,(H,18,19). The second kappa shape index (κ2) is 6.42. The fraction of sp³-hybridized carbons (Fsp3) is 0.857. The summed E-state index contributed by atoms with van der Waals surface area (Å²) >= 11 is 0. The molecule has 20 heavy (non-hydrogen) atoms. The van der Waals surface area contributed by atoms with Crippen LogP contribution in [0.2, 0.25) is 0 Å². The van der Waals surface area contributed by atoms with E-state index in [9.17, 15) is 10.1 Å². The van der Waals surface area contributed by atoms with Crippen molar-refractivity contribution in [2.24, 2.45) is 0 Å². The number of hydrogen-bond donors (Lipinski definition) is 2. The van der Waals surface area contributed by atoms with Crippen LogP contribution in [0.25, 0.3) is 0 Å². The lowest BCUT2D eigenvalue weighted by molar-refractivity contribution is 0.00456. The van der Waals surface area contributed by atoms with E-state index < -0.39 is 6.09 Å². The first-order valence-electron chi connectivity index (χ1n) is 7.28. The Bertz CT molecular complexity index is 378. The predicted molar refractivity (Wildman–Crippen MR) is 73.4 cm³/mol. The van der Waals surface area contributed by atoms with Crippen molar-refractivity contribution in [2.45, 2.75) is 56.2 Å². The van der Waals surface area contributed by atoms with E-state index in [0.717, 1.165) is 51.6 Å². The molecule has 6 nitrogen and oxygen atoms in total. The average Bonchev–Trinajstić information content (AvgIpc) is 2.47. The van der Waals surface area contributed by atoms with Crippen LogP contribution in [0, 0.1) is 11.3 Å². The number of amides is 1. The zero-order chi connectivity index (χ0) is 14.6. The molecule has 1 saturated heterocycles. The van der Waals surface area contributed by atoms with E-state index in [1.807, 2.05) is 0 Å². The minimum Gasteiger partial charge on any atom is -0.465 e. The molecule has 0 unspecified atom stereocenters. The van der Waals surface area contributed by atoms with Crippen molar-refractivity contribution in [2.75, 3.05) is 20.2 Å². The largest absolute Gasteiger partial charge is 0.465 e. The summed E-state index contributed by atoms with van der Waals surface area (Å²) < 4.78 is 5.37. The molecule has 1 aliphatic heterocycles. The van der Waals surface area contributed by atoms with Gasteiger partial charge in [0.1, 0.15) is 5.54 Å². The van der Waals surface area contributed by atoms with E-state index in [0.29, 0.717) is 0 Å². The van der Waals surface area contributed by atoms with Crippen LogP contribution in [-0.4, -0.2) is 54.0 Å². The predicted octanol–water partition coefficient (Wildman–Crippen LogP) is 1.57. The highest BCUT2D eigenvalue weighted by atomic mass is 16.5. The smallest absolute Gasteiger partial charge is 0.404 e. The van der Waals surface area contributed by atoms with E-state index in [1.54, 1.807) is 7.11 Å². The first kappa shape index (κ1) is 15.1. The second-order valence-electron chi connectivity index (χ2n) is 5.79. The van der Waals surface area contributed by atoms with E-state index >= 15 is 0 Å². The Morgan fingerprint density at radius 3 is 2.40 bits per heavy atom. The van der Waals surface area contributed by atoms with Crippen molar-refractivity contribution >= 4 is 6.09 Å². The third kappa shape index (κ3) is 3.22. The molecule has 0 bridgehead atoms. The fourth-order valence-electron chi connectivity index (χ4n) is 3.43. The van der Waals surface area contributed by atoms with E-state index in [1.165, 1.54) is 0 Å². The second-order valence-corrected chi connectivity index (χ2v) is 5.79.